The Labute approximate surface area is 179 Å². The van der Waals surface area contributed by atoms with Gasteiger partial charge in [0.05, 0.1) is 6.54 Å². The van der Waals surface area contributed by atoms with Gasteiger partial charge in [-0.2, -0.15) is 13.2 Å². The van der Waals surface area contributed by atoms with Gasteiger partial charge in [-0.05, 0) is 25.0 Å². The number of nitrogens with one attached hydrogen (secondary N) is 3. The fourth-order valence-electron chi connectivity index (χ4n) is 2.83. The topological polar surface area (TPSA) is 72.5 Å². The summed E-state index contributed by atoms with van der Waals surface area (Å²) in [5, 5.41) is 6.97. The third-order valence-electron chi connectivity index (χ3n) is 4.17. The minimum atomic E-state index is -4.42. The van der Waals surface area contributed by atoms with Crippen molar-refractivity contribution in [1.29, 1.82) is 0 Å². The first-order valence-electron chi connectivity index (χ1n) is 8.52. The molecule has 2 aromatic rings. The quantitative estimate of drug-likeness (QED) is 0.318. The number of H-pyrrole nitrogens is 1. The number of halogens is 4. The number of amides is 1. The Kier molecular flexibility index (Phi) is 9.05. The van der Waals surface area contributed by atoms with Crippen molar-refractivity contribution in [1.82, 2.24) is 20.5 Å². The number of aliphatic imine (C=N–C) groups is 1. The maximum atomic E-state index is 12.3. The number of carbonyl (C=O) groups is 1. The minimum Gasteiger partial charge on any atom is -0.358 e. The molecule has 0 unspecified atom stereocenters. The number of likely N-dealkylation sites (N-methyl/N-ethyl adjacent to an activating group) is 1. The molecule has 0 atom stereocenters. The van der Waals surface area contributed by atoms with Crippen molar-refractivity contribution in [2.75, 3.05) is 33.7 Å². The normalized spacial score (nSPS) is 11.9. The molecule has 0 aliphatic heterocycles. The number of rotatable bonds is 6. The third kappa shape index (κ3) is 6.88. The highest BCUT2D eigenvalue weighted by atomic mass is 127. The van der Waals surface area contributed by atoms with Gasteiger partial charge < -0.3 is 20.5 Å². The smallest absolute Gasteiger partial charge is 0.358 e. The van der Waals surface area contributed by atoms with E-state index in [-0.39, 0.29) is 30.5 Å². The molecule has 3 N–H and O–H groups in total. The Morgan fingerprint density at radius 3 is 2.57 bits per heavy atom. The number of hydrogen-bond acceptors (Lipinski definition) is 2. The molecule has 0 saturated heterocycles. The zero-order chi connectivity index (χ0) is 20.0. The van der Waals surface area contributed by atoms with E-state index in [9.17, 15) is 18.0 Å². The van der Waals surface area contributed by atoms with Crippen molar-refractivity contribution in [3.63, 3.8) is 0 Å². The van der Waals surface area contributed by atoms with E-state index in [0.29, 0.717) is 17.4 Å². The lowest BCUT2D eigenvalue weighted by Gasteiger charge is -2.20. The highest BCUT2D eigenvalue weighted by Crippen LogP contribution is 2.21. The monoisotopic (exact) mass is 511 g/mol. The summed E-state index contributed by atoms with van der Waals surface area (Å²) in [7, 11) is 2.66. The second-order valence-electron chi connectivity index (χ2n) is 6.24. The summed E-state index contributed by atoms with van der Waals surface area (Å²) in [5.41, 5.74) is 3.35. The van der Waals surface area contributed by atoms with Crippen LogP contribution in [0.5, 0.6) is 0 Å². The summed E-state index contributed by atoms with van der Waals surface area (Å²) in [4.78, 5) is 19.7. The number of alkyl halides is 3. The lowest BCUT2D eigenvalue weighted by Crippen LogP contribution is -2.45. The fraction of sp³-hybridized carbons (Fsp3) is 0.444. The van der Waals surface area contributed by atoms with Crippen molar-refractivity contribution in [2.45, 2.75) is 19.5 Å². The van der Waals surface area contributed by atoms with E-state index < -0.39 is 18.6 Å². The number of carbonyl (C=O) groups excluding carboxylic acids is 1. The predicted molar refractivity (Wildman–Crippen MR) is 115 cm³/mol. The first kappa shape index (κ1) is 24.1. The molecule has 0 fully saturated rings. The summed E-state index contributed by atoms with van der Waals surface area (Å²) < 4.78 is 37.0. The van der Waals surface area contributed by atoms with Crippen LogP contribution in [-0.2, 0) is 11.2 Å². The van der Waals surface area contributed by atoms with Crippen molar-refractivity contribution in [2.24, 2.45) is 4.99 Å². The second-order valence-corrected chi connectivity index (χ2v) is 6.24. The van der Waals surface area contributed by atoms with Gasteiger partial charge in [-0.15, -0.1) is 24.0 Å². The molecule has 0 spiro atoms. The summed E-state index contributed by atoms with van der Waals surface area (Å²) in [6, 6.07) is 8.02. The number of para-hydroxylation sites is 1. The molecule has 1 heterocycles. The Morgan fingerprint density at radius 2 is 1.93 bits per heavy atom. The van der Waals surface area contributed by atoms with Crippen LogP contribution in [0, 0.1) is 6.92 Å². The Hall–Kier alpha value is -1.98. The summed E-state index contributed by atoms with van der Waals surface area (Å²) >= 11 is 0. The van der Waals surface area contributed by atoms with Crippen LogP contribution in [0.1, 0.15) is 11.3 Å². The molecular weight excluding hydrogens is 486 g/mol. The highest BCUT2D eigenvalue weighted by Gasteiger charge is 2.31. The highest BCUT2D eigenvalue weighted by molar-refractivity contribution is 14.0. The van der Waals surface area contributed by atoms with Gasteiger partial charge in [0.25, 0.3) is 0 Å². The zero-order valence-corrected chi connectivity index (χ0v) is 18.3. The molecule has 1 aromatic heterocycles. The van der Waals surface area contributed by atoms with Crippen LogP contribution in [0.2, 0.25) is 0 Å². The molecule has 6 nitrogen and oxygen atoms in total. The molecule has 156 valence electrons. The molecule has 0 aliphatic carbocycles. The van der Waals surface area contributed by atoms with E-state index in [1.54, 1.807) is 0 Å². The number of aryl methyl sites for hydroxylation is 1. The molecule has 0 bridgehead atoms. The van der Waals surface area contributed by atoms with Gasteiger partial charge in [-0.3, -0.25) is 9.79 Å². The molecule has 10 heteroatoms. The van der Waals surface area contributed by atoms with E-state index in [0.717, 1.165) is 30.1 Å². The predicted octanol–water partition coefficient (Wildman–Crippen LogP) is 2.82. The van der Waals surface area contributed by atoms with E-state index in [1.165, 1.54) is 12.6 Å². The summed E-state index contributed by atoms with van der Waals surface area (Å²) in [6.45, 7) is 1.03. The summed E-state index contributed by atoms with van der Waals surface area (Å²) in [5.74, 6) is -0.302. The van der Waals surface area contributed by atoms with Crippen LogP contribution in [0.4, 0.5) is 13.2 Å². The summed E-state index contributed by atoms with van der Waals surface area (Å²) in [6.07, 6.45) is -3.68. The lowest BCUT2D eigenvalue weighted by atomic mass is 10.1. The Morgan fingerprint density at radius 1 is 1.25 bits per heavy atom. The number of hydrogen-bond donors (Lipinski definition) is 3. The van der Waals surface area contributed by atoms with Crippen LogP contribution >= 0.6 is 24.0 Å². The first-order valence-corrected chi connectivity index (χ1v) is 8.52. The number of aromatic amines is 1. The van der Waals surface area contributed by atoms with Crippen molar-refractivity contribution in [3.8, 4) is 0 Å². The van der Waals surface area contributed by atoms with Gasteiger partial charge in [0.2, 0.25) is 5.91 Å². The largest absolute Gasteiger partial charge is 0.406 e. The van der Waals surface area contributed by atoms with Gasteiger partial charge in [0.15, 0.2) is 5.96 Å². The van der Waals surface area contributed by atoms with E-state index in [4.69, 9.17) is 0 Å². The van der Waals surface area contributed by atoms with Gasteiger partial charge >= 0.3 is 6.18 Å². The minimum absolute atomic E-state index is 0. The molecule has 1 aromatic carbocycles. The number of benzene rings is 1. The average molecular weight is 511 g/mol. The standard InChI is InChI=1S/C18H24F3N5O.HI/c1-12-13(14-6-4-5-7-15(14)25-12)8-9-23-17(22-2)24-10-16(27)26(3)11-18(19,20)21;/h4-7,25H,8-11H2,1-3H3,(H2,22,23,24);1H. The average Bonchev–Trinajstić information content (AvgIpc) is 2.91. The van der Waals surface area contributed by atoms with Gasteiger partial charge in [0.1, 0.15) is 6.54 Å². The molecule has 28 heavy (non-hydrogen) atoms. The van der Waals surface area contributed by atoms with Crippen molar-refractivity contribution in [3.05, 3.63) is 35.5 Å². The van der Waals surface area contributed by atoms with Crippen LogP contribution in [0.3, 0.4) is 0 Å². The van der Waals surface area contributed by atoms with Gasteiger partial charge in [-0.25, -0.2) is 0 Å². The second kappa shape index (κ2) is 10.5. The maximum Gasteiger partial charge on any atom is 0.406 e. The SMILES string of the molecule is CN=C(NCCc1c(C)[nH]c2ccccc12)NCC(=O)N(C)CC(F)(F)F.I. The van der Waals surface area contributed by atoms with Gasteiger partial charge in [0, 0.05) is 37.2 Å². The van der Waals surface area contributed by atoms with Crippen molar-refractivity contribution < 1.29 is 18.0 Å². The number of guanidine groups is 1. The number of fused-ring (bicyclic) bond motifs is 1. The lowest BCUT2D eigenvalue weighted by molar-refractivity contribution is -0.157. The number of nitrogens with zero attached hydrogens (tertiary/aromatic N) is 2. The first-order chi connectivity index (χ1) is 12.7. The molecule has 0 radical (unpaired) electrons. The van der Waals surface area contributed by atoms with Crippen LogP contribution < -0.4 is 10.6 Å². The molecule has 0 saturated carbocycles. The van der Waals surface area contributed by atoms with E-state index in [2.05, 4.69) is 26.7 Å². The van der Waals surface area contributed by atoms with Crippen LogP contribution in [0.25, 0.3) is 10.9 Å². The van der Waals surface area contributed by atoms with E-state index >= 15 is 0 Å². The number of aromatic nitrogens is 1. The third-order valence-corrected chi connectivity index (χ3v) is 4.17. The zero-order valence-electron chi connectivity index (χ0n) is 16.0. The Balaban J connectivity index is 0.00000392. The van der Waals surface area contributed by atoms with Crippen LogP contribution in [-0.4, -0.2) is 61.7 Å². The van der Waals surface area contributed by atoms with Gasteiger partial charge in [-0.1, -0.05) is 18.2 Å². The molecular formula is C18H25F3IN5O. The van der Waals surface area contributed by atoms with E-state index in [1.807, 2.05) is 25.1 Å². The van der Waals surface area contributed by atoms with Crippen molar-refractivity contribution >= 4 is 46.7 Å². The van der Waals surface area contributed by atoms with Crippen LogP contribution in [0.15, 0.2) is 29.3 Å². The fourth-order valence-corrected chi connectivity index (χ4v) is 2.83. The molecule has 2 rings (SSSR count). The molecule has 1 amide bonds. The Bertz CT molecular complexity index is 819. The maximum absolute atomic E-state index is 12.3. The molecule has 0 aliphatic rings.